The quantitative estimate of drug-likeness (QED) is 0.543. The fraction of sp³-hybridized carbons (Fsp3) is 0.0556. The molecule has 0 amide bonds. The van der Waals surface area contributed by atoms with Crippen LogP contribution in [0.2, 0.25) is 0 Å². The summed E-state index contributed by atoms with van der Waals surface area (Å²) in [5, 5.41) is 10.5. The Morgan fingerprint density at radius 2 is 1.92 bits per heavy atom. The lowest BCUT2D eigenvalue weighted by Gasteiger charge is -2.11. The van der Waals surface area contributed by atoms with E-state index in [1.54, 1.807) is 24.3 Å². The highest BCUT2D eigenvalue weighted by Crippen LogP contribution is 2.26. The molecule has 0 unspecified atom stereocenters. The zero-order valence-electron chi connectivity index (χ0n) is 13.6. The average Bonchev–Trinajstić information content (AvgIpc) is 2.63. The minimum atomic E-state index is -0.593. The highest BCUT2D eigenvalue weighted by atomic mass is 32.1. The van der Waals surface area contributed by atoms with Gasteiger partial charge in [0.25, 0.3) is 5.56 Å². The Morgan fingerprint density at radius 3 is 2.62 bits per heavy atom. The van der Waals surface area contributed by atoms with Crippen molar-refractivity contribution in [1.82, 2.24) is 9.55 Å². The summed E-state index contributed by atoms with van der Waals surface area (Å²) in [7, 11) is 1.51. The number of rotatable bonds is 4. The molecule has 2 N–H and O–H groups in total. The average molecular weight is 371 g/mol. The summed E-state index contributed by atoms with van der Waals surface area (Å²) >= 11 is 5.11. The summed E-state index contributed by atoms with van der Waals surface area (Å²) in [4.78, 5) is 18.9. The van der Waals surface area contributed by atoms with E-state index >= 15 is 0 Å². The highest BCUT2D eigenvalue weighted by molar-refractivity contribution is 7.71. The van der Waals surface area contributed by atoms with Gasteiger partial charge in [-0.2, -0.15) is 0 Å². The predicted octanol–water partition coefficient (Wildman–Crippen LogP) is 3.50. The Labute approximate surface area is 152 Å². The molecule has 3 rings (SSSR count). The van der Waals surface area contributed by atoms with Crippen LogP contribution < -0.4 is 10.3 Å². The van der Waals surface area contributed by atoms with Gasteiger partial charge in [0.05, 0.1) is 12.8 Å². The molecule has 0 atom stereocenters. The van der Waals surface area contributed by atoms with Crippen LogP contribution in [0.3, 0.4) is 0 Å². The molecule has 0 aliphatic heterocycles. The molecule has 26 heavy (non-hydrogen) atoms. The Bertz CT molecular complexity index is 1090. The van der Waals surface area contributed by atoms with Crippen LogP contribution in [0.25, 0.3) is 5.69 Å². The molecule has 0 bridgehead atoms. The Hall–Kier alpha value is -3.26. The maximum atomic E-state index is 13.1. The normalized spacial score (nSPS) is 11.0. The molecular weight excluding hydrogens is 357 g/mol. The van der Waals surface area contributed by atoms with E-state index in [0.717, 1.165) is 0 Å². The zero-order valence-corrected chi connectivity index (χ0v) is 14.5. The van der Waals surface area contributed by atoms with Gasteiger partial charge in [-0.05, 0) is 48.6 Å². The number of para-hydroxylation sites is 2. The molecule has 0 saturated carbocycles. The molecular formula is C18H14FN3O3S. The van der Waals surface area contributed by atoms with E-state index in [-0.39, 0.29) is 10.3 Å². The number of aromatic hydroxyl groups is 1. The first kappa shape index (κ1) is 17.6. The number of halogens is 1. The molecule has 0 aliphatic rings. The Balaban J connectivity index is 2.12. The molecule has 0 saturated heterocycles. The van der Waals surface area contributed by atoms with E-state index < -0.39 is 17.3 Å². The molecule has 1 aromatic heterocycles. The lowest BCUT2D eigenvalue weighted by Crippen LogP contribution is -2.18. The van der Waals surface area contributed by atoms with Crippen molar-refractivity contribution in [3.05, 3.63) is 75.0 Å². The first-order valence-electron chi connectivity index (χ1n) is 7.52. The van der Waals surface area contributed by atoms with Crippen molar-refractivity contribution >= 4 is 24.1 Å². The molecule has 2 aromatic carbocycles. The second-order valence-corrected chi connectivity index (χ2v) is 5.63. The molecule has 0 fully saturated rings. The van der Waals surface area contributed by atoms with Gasteiger partial charge in [-0.1, -0.05) is 12.1 Å². The summed E-state index contributed by atoms with van der Waals surface area (Å²) in [6.45, 7) is 0. The van der Waals surface area contributed by atoms with Crippen molar-refractivity contribution in [2.75, 3.05) is 7.11 Å². The van der Waals surface area contributed by atoms with Crippen molar-refractivity contribution in [2.45, 2.75) is 0 Å². The van der Waals surface area contributed by atoms with E-state index in [4.69, 9.17) is 17.0 Å². The number of methoxy groups -OCH3 is 1. The van der Waals surface area contributed by atoms with Crippen LogP contribution in [0.4, 0.5) is 10.1 Å². The molecule has 0 aliphatic carbocycles. The molecule has 132 valence electrons. The predicted molar refractivity (Wildman–Crippen MR) is 99.1 cm³/mol. The number of H-pyrrole nitrogens is 1. The largest absolute Gasteiger partial charge is 0.494 e. The minimum absolute atomic E-state index is 0.0199. The lowest BCUT2D eigenvalue weighted by molar-refractivity contribution is 0.416. The summed E-state index contributed by atoms with van der Waals surface area (Å²) in [5.74, 6) is -0.308. The highest BCUT2D eigenvalue weighted by Gasteiger charge is 2.13. The summed E-state index contributed by atoms with van der Waals surface area (Å²) in [6, 6.07) is 12.3. The molecule has 8 heteroatoms. The first-order valence-corrected chi connectivity index (χ1v) is 7.93. The molecule has 0 radical (unpaired) electrons. The lowest BCUT2D eigenvalue weighted by atomic mass is 10.2. The van der Waals surface area contributed by atoms with Gasteiger partial charge in [0.1, 0.15) is 22.8 Å². The van der Waals surface area contributed by atoms with Crippen molar-refractivity contribution in [3.63, 3.8) is 0 Å². The molecule has 0 spiro atoms. The number of aromatic nitrogens is 2. The van der Waals surface area contributed by atoms with E-state index in [1.165, 1.54) is 42.2 Å². The number of ether oxygens (including phenoxy) is 1. The Morgan fingerprint density at radius 1 is 1.23 bits per heavy atom. The number of hydrogen-bond acceptors (Lipinski definition) is 5. The number of hydrogen-bond donors (Lipinski definition) is 2. The van der Waals surface area contributed by atoms with Gasteiger partial charge in [0.15, 0.2) is 4.77 Å². The van der Waals surface area contributed by atoms with Gasteiger partial charge in [0.2, 0.25) is 5.88 Å². The maximum absolute atomic E-state index is 13.1. The smallest absolute Gasteiger partial charge is 0.264 e. The van der Waals surface area contributed by atoms with E-state index in [0.29, 0.717) is 17.1 Å². The van der Waals surface area contributed by atoms with Gasteiger partial charge >= 0.3 is 0 Å². The fourth-order valence-corrected chi connectivity index (χ4v) is 2.64. The number of nitrogens with one attached hydrogen (secondary N) is 1. The third kappa shape index (κ3) is 3.40. The Kier molecular flexibility index (Phi) is 4.94. The third-order valence-electron chi connectivity index (χ3n) is 3.62. The topological polar surface area (TPSA) is 79.6 Å². The van der Waals surface area contributed by atoms with Crippen LogP contribution >= 0.6 is 12.2 Å². The zero-order chi connectivity index (χ0) is 18.7. The van der Waals surface area contributed by atoms with Crippen LogP contribution in [0.1, 0.15) is 5.56 Å². The molecule has 1 heterocycles. The van der Waals surface area contributed by atoms with Crippen LogP contribution in [0, 0.1) is 10.6 Å². The number of aliphatic imine (C=N–C) groups is 1. The SMILES string of the molecule is COc1ccccc1N=Cc1c(O)n(-c2ccc(F)cc2)c(=S)[nH]c1=O. The van der Waals surface area contributed by atoms with Crippen molar-refractivity contribution in [3.8, 4) is 17.3 Å². The standard InChI is InChI=1S/C18H14FN3O3S/c1-25-15-5-3-2-4-14(15)20-10-13-16(23)21-18(26)22(17(13)24)12-8-6-11(19)7-9-12/h2-10,24H,1H3,(H,21,23,26). The van der Waals surface area contributed by atoms with Crippen LogP contribution in [0.5, 0.6) is 11.6 Å². The van der Waals surface area contributed by atoms with Gasteiger partial charge in [-0.15, -0.1) is 0 Å². The monoisotopic (exact) mass is 371 g/mol. The third-order valence-corrected chi connectivity index (χ3v) is 3.91. The van der Waals surface area contributed by atoms with Gasteiger partial charge in [0, 0.05) is 6.21 Å². The first-order chi connectivity index (χ1) is 12.5. The van der Waals surface area contributed by atoms with E-state index in [1.807, 2.05) is 0 Å². The minimum Gasteiger partial charge on any atom is -0.494 e. The van der Waals surface area contributed by atoms with E-state index in [2.05, 4.69) is 9.98 Å². The summed E-state index contributed by atoms with van der Waals surface area (Å²) < 4.78 is 19.5. The number of benzene rings is 2. The second-order valence-electron chi connectivity index (χ2n) is 5.24. The summed E-state index contributed by atoms with van der Waals surface area (Å²) in [5.41, 5.74) is 0.208. The summed E-state index contributed by atoms with van der Waals surface area (Å²) in [6.07, 6.45) is 1.22. The van der Waals surface area contributed by atoms with Crippen molar-refractivity contribution in [1.29, 1.82) is 0 Å². The fourth-order valence-electron chi connectivity index (χ4n) is 2.36. The van der Waals surface area contributed by atoms with Crippen LogP contribution in [0.15, 0.2) is 58.3 Å². The van der Waals surface area contributed by atoms with Gasteiger partial charge < -0.3 is 9.84 Å². The molecule has 3 aromatic rings. The van der Waals surface area contributed by atoms with Crippen molar-refractivity contribution in [2.24, 2.45) is 4.99 Å². The molecule has 6 nitrogen and oxygen atoms in total. The van der Waals surface area contributed by atoms with Crippen LogP contribution in [-0.4, -0.2) is 28.0 Å². The van der Waals surface area contributed by atoms with Gasteiger partial charge in [-0.25, -0.2) is 4.39 Å². The number of aromatic amines is 1. The van der Waals surface area contributed by atoms with Crippen LogP contribution in [-0.2, 0) is 0 Å². The van der Waals surface area contributed by atoms with Crippen molar-refractivity contribution < 1.29 is 14.2 Å². The number of nitrogens with zero attached hydrogens (tertiary/aromatic N) is 2. The maximum Gasteiger partial charge on any atom is 0.264 e. The van der Waals surface area contributed by atoms with Gasteiger partial charge in [-0.3, -0.25) is 19.3 Å². The second kappa shape index (κ2) is 7.32. The van der Waals surface area contributed by atoms with E-state index in [9.17, 15) is 14.3 Å².